The minimum absolute atomic E-state index is 0.0183. The third-order valence-electron chi connectivity index (χ3n) is 5.07. The van der Waals surface area contributed by atoms with E-state index in [0.717, 1.165) is 5.56 Å². The molecule has 1 saturated heterocycles. The van der Waals surface area contributed by atoms with Gasteiger partial charge in [-0.25, -0.2) is 0 Å². The number of aliphatic hydroxyl groups excluding tert-OH is 1. The molecule has 1 aliphatic rings. The Morgan fingerprint density at radius 3 is 2.50 bits per heavy atom. The monoisotopic (exact) mass is 421 g/mol. The molecule has 2 heterocycles. The van der Waals surface area contributed by atoms with Crippen LogP contribution in [0.25, 0.3) is 5.76 Å². The van der Waals surface area contributed by atoms with Crippen molar-refractivity contribution in [2.45, 2.75) is 13.0 Å². The van der Waals surface area contributed by atoms with Crippen molar-refractivity contribution in [3.63, 3.8) is 0 Å². The Kier molecular flexibility index (Phi) is 5.05. The molecule has 2 N–H and O–H groups in total. The van der Waals surface area contributed by atoms with Gasteiger partial charge in [-0.2, -0.15) is 0 Å². The number of carbonyl (C=O) groups is 2. The summed E-state index contributed by atoms with van der Waals surface area (Å²) in [6, 6.07) is 14.1. The van der Waals surface area contributed by atoms with Crippen molar-refractivity contribution in [3.05, 3.63) is 81.6 Å². The molecule has 1 unspecified atom stereocenters. The number of ketones is 1. The fraction of sp³-hybridized carbons (Fsp3) is 0.130. The number of hydrogen-bond donors (Lipinski definition) is 2. The number of phenolic OH excluding ortho intramolecular Hbond substituents is 1. The lowest BCUT2D eigenvalue weighted by molar-refractivity contribution is -0.132. The average molecular weight is 421 g/mol. The number of thiophene rings is 1. The highest BCUT2D eigenvalue weighted by Gasteiger charge is 2.48. The lowest BCUT2D eigenvalue weighted by Crippen LogP contribution is -2.29. The van der Waals surface area contributed by atoms with E-state index in [1.54, 1.807) is 49.6 Å². The van der Waals surface area contributed by atoms with Gasteiger partial charge in [-0.05, 0) is 54.3 Å². The van der Waals surface area contributed by atoms with Gasteiger partial charge in [0, 0.05) is 10.4 Å². The molecule has 152 valence electrons. The number of para-hydroxylation sites is 2. The third kappa shape index (κ3) is 3.13. The molecule has 0 radical (unpaired) electrons. The predicted octanol–water partition coefficient (Wildman–Crippen LogP) is 4.40. The summed E-state index contributed by atoms with van der Waals surface area (Å²) >= 11 is 1.36. The minimum atomic E-state index is -0.847. The lowest BCUT2D eigenvalue weighted by atomic mass is 9.98. The molecule has 1 amide bonds. The summed E-state index contributed by atoms with van der Waals surface area (Å²) in [5, 5.41) is 23.2. The molecule has 0 spiro atoms. The summed E-state index contributed by atoms with van der Waals surface area (Å²) in [5.74, 6) is -1.35. The second-order valence-corrected chi connectivity index (χ2v) is 7.84. The van der Waals surface area contributed by atoms with Crippen molar-refractivity contribution in [1.82, 2.24) is 0 Å². The largest absolute Gasteiger partial charge is 0.507 e. The number of aromatic hydroxyl groups is 1. The van der Waals surface area contributed by atoms with Gasteiger partial charge >= 0.3 is 0 Å². The Morgan fingerprint density at radius 2 is 1.87 bits per heavy atom. The van der Waals surface area contributed by atoms with E-state index in [1.165, 1.54) is 22.3 Å². The molecule has 6 nitrogen and oxygen atoms in total. The van der Waals surface area contributed by atoms with Crippen molar-refractivity contribution < 1.29 is 24.5 Å². The molecule has 0 bridgehead atoms. The first-order valence-corrected chi connectivity index (χ1v) is 10.1. The standard InChI is InChI=1S/C23H19NO5S/c1-13-12-14(9-10-17(13)29-2)21(26)19-20(18-8-5-11-30-18)24(23(28)22(19)27)15-6-3-4-7-16(15)25/h3-12,20,25-26H,1-2H3/b21-19-. The van der Waals surface area contributed by atoms with Crippen molar-refractivity contribution in [2.75, 3.05) is 12.0 Å². The maximum Gasteiger partial charge on any atom is 0.300 e. The number of carbonyl (C=O) groups excluding carboxylic acids is 2. The molecule has 0 saturated carbocycles. The number of nitrogens with zero attached hydrogens (tertiary/aromatic N) is 1. The number of ether oxygens (including phenoxy) is 1. The molecule has 1 aliphatic heterocycles. The summed E-state index contributed by atoms with van der Waals surface area (Å²) < 4.78 is 5.26. The van der Waals surface area contributed by atoms with Crippen LogP contribution in [0.2, 0.25) is 0 Å². The van der Waals surface area contributed by atoms with Gasteiger partial charge in [0.25, 0.3) is 11.7 Å². The molecule has 7 heteroatoms. The number of hydrogen-bond acceptors (Lipinski definition) is 6. The summed E-state index contributed by atoms with van der Waals surface area (Å²) in [6.45, 7) is 1.83. The van der Waals surface area contributed by atoms with Crippen LogP contribution in [0.15, 0.2) is 65.6 Å². The van der Waals surface area contributed by atoms with Gasteiger partial charge in [0.05, 0.1) is 18.4 Å². The molecule has 0 aliphatic carbocycles. The van der Waals surface area contributed by atoms with Crippen LogP contribution in [0.3, 0.4) is 0 Å². The second-order valence-electron chi connectivity index (χ2n) is 6.86. The van der Waals surface area contributed by atoms with E-state index in [1.807, 2.05) is 18.4 Å². The van der Waals surface area contributed by atoms with Gasteiger partial charge in [0.15, 0.2) is 0 Å². The number of Topliss-reactive ketones (excluding diaryl/α,β-unsaturated/α-hetero) is 1. The van der Waals surface area contributed by atoms with E-state index >= 15 is 0 Å². The normalized spacial score (nSPS) is 18.1. The van der Waals surface area contributed by atoms with Gasteiger partial charge in [-0.3, -0.25) is 14.5 Å². The molecule has 1 atom stereocenters. The van der Waals surface area contributed by atoms with E-state index in [4.69, 9.17) is 4.74 Å². The van der Waals surface area contributed by atoms with Crippen LogP contribution in [0.1, 0.15) is 22.0 Å². The fourth-order valence-electron chi connectivity index (χ4n) is 3.65. The van der Waals surface area contributed by atoms with Crippen LogP contribution in [0.4, 0.5) is 5.69 Å². The molecule has 3 aromatic rings. The van der Waals surface area contributed by atoms with E-state index in [-0.39, 0.29) is 22.8 Å². The van der Waals surface area contributed by atoms with Crippen molar-refractivity contribution in [3.8, 4) is 11.5 Å². The van der Waals surface area contributed by atoms with Crippen LogP contribution in [0, 0.1) is 6.92 Å². The van der Waals surface area contributed by atoms with Crippen LogP contribution in [-0.2, 0) is 9.59 Å². The summed E-state index contributed by atoms with van der Waals surface area (Å²) in [5.41, 5.74) is 1.38. The Labute approximate surface area is 177 Å². The van der Waals surface area contributed by atoms with Gasteiger partial charge < -0.3 is 14.9 Å². The van der Waals surface area contributed by atoms with Crippen LogP contribution in [-0.4, -0.2) is 29.0 Å². The number of aliphatic hydroxyl groups is 1. The quantitative estimate of drug-likeness (QED) is 0.370. The zero-order valence-electron chi connectivity index (χ0n) is 16.3. The first kappa shape index (κ1) is 19.7. The Morgan fingerprint density at radius 1 is 1.10 bits per heavy atom. The molecule has 1 aromatic heterocycles. The number of anilines is 1. The molecule has 4 rings (SSSR count). The minimum Gasteiger partial charge on any atom is -0.507 e. The molecule has 30 heavy (non-hydrogen) atoms. The van der Waals surface area contributed by atoms with Crippen LogP contribution in [0.5, 0.6) is 11.5 Å². The number of rotatable bonds is 4. The first-order chi connectivity index (χ1) is 14.4. The summed E-state index contributed by atoms with van der Waals surface area (Å²) in [4.78, 5) is 27.9. The van der Waals surface area contributed by atoms with E-state index in [9.17, 15) is 19.8 Å². The van der Waals surface area contributed by atoms with E-state index < -0.39 is 17.7 Å². The molecule has 1 fully saturated rings. The molecular weight excluding hydrogens is 402 g/mol. The van der Waals surface area contributed by atoms with Crippen LogP contribution >= 0.6 is 11.3 Å². The maximum absolute atomic E-state index is 13.0. The van der Waals surface area contributed by atoms with Crippen LogP contribution < -0.4 is 9.64 Å². The lowest BCUT2D eigenvalue weighted by Gasteiger charge is -2.24. The van der Waals surface area contributed by atoms with Gasteiger partial charge in [-0.15, -0.1) is 11.3 Å². The zero-order chi connectivity index (χ0) is 21.4. The van der Waals surface area contributed by atoms with Gasteiger partial charge in [0.2, 0.25) is 0 Å². The van der Waals surface area contributed by atoms with Crippen molar-refractivity contribution in [1.29, 1.82) is 0 Å². The highest BCUT2D eigenvalue weighted by Crippen LogP contribution is 2.45. The SMILES string of the molecule is COc1ccc(/C(O)=C2/C(=O)C(=O)N(c3ccccc3O)C2c2cccs2)cc1C. The highest BCUT2D eigenvalue weighted by molar-refractivity contribution is 7.10. The topological polar surface area (TPSA) is 87.1 Å². The van der Waals surface area contributed by atoms with E-state index in [2.05, 4.69) is 0 Å². The summed E-state index contributed by atoms with van der Waals surface area (Å²) in [7, 11) is 1.55. The number of aryl methyl sites for hydroxylation is 1. The smallest absolute Gasteiger partial charge is 0.300 e. The van der Waals surface area contributed by atoms with Crippen molar-refractivity contribution in [2.24, 2.45) is 0 Å². The number of phenols is 1. The fourth-order valence-corrected chi connectivity index (χ4v) is 4.47. The van der Waals surface area contributed by atoms with Gasteiger partial charge in [-0.1, -0.05) is 18.2 Å². The van der Waals surface area contributed by atoms with Crippen molar-refractivity contribution >= 4 is 34.5 Å². The molecular formula is C23H19NO5S. The highest BCUT2D eigenvalue weighted by atomic mass is 32.1. The number of benzene rings is 2. The Bertz CT molecular complexity index is 1170. The predicted molar refractivity (Wildman–Crippen MR) is 115 cm³/mol. The summed E-state index contributed by atoms with van der Waals surface area (Å²) in [6.07, 6.45) is 0. The average Bonchev–Trinajstić information content (AvgIpc) is 3.35. The second kappa shape index (κ2) is 7.68. The first-order valence-electron chi connectivity index (χ1n) is 9.21. The third-order valence-corrected chi connectivity index (χ3v) is 5.99. The maximum atomic E-state index is 13.0. The molecule has 2 aromatic carbocycles. The Hall–Kier alpha value is -3.58. The Balaban J connectivity index is 1.93. The van der Waals surface area contributed by atoms with E-state index in [0.29, 0.717) is 16.2 Å². The number of methoxy groups -OCH3 is 1. The number of amides is 1. The zero-order valence-corrected chi connectivity index (χ0v) is 17.1. The van der Waals surface area contributed by atoms with Gasteiger partial charge in [0.1, 0.15) is 23.3 Å².